The Labute approximate surface area is 71.8 Å². The Balaban J connectivity index is 2.86. The number of hydrogen-bond donors (Lipinski definition) is 1. The molecule has 49 valence electrons. The summed E-state index contributed by atoms with van der Waals surface area (Å²) in [5.41, 5.74) is 2.02. The zero-order chi connectivity index (χ0) is 6.97. The van der Waals surface area contributed by atoms with Crippen LogP contribution in [0.25, 0.3) is 11.0 Å². The molecule has 3 heteroatoms. The average Bonchev–Trinajstić information content (AvgIpc) is 2.33. The van der Waals surface area contributed by atoms with Gasteiger partial charge in [0.1, 0.15) is 0 Å². The van der Waals surface area contributed by atoms with Crippen LogP contribution in [0.3, 0.4) is 0 Å². The number of aromatic amines is 1. The van der Waals surface area contributed by atoms with Crippen molar-refractivity contribution >= 4 is 33.6 Å². The molecule has 0 saturated carbocycles. The monoisotopic (exact) mass is 243 g/mol. The Morgan fingerprint density at radius 2 is 2.40 bits per heavy atom. The Morgan fingerprint density at radius 1 is 1.50 bits per heavy atom. The number of halogens is 1. The van der Waals surface area contributed by atoms with Gasteiger partial charge in [-0.15, -0.1) is 0 Å². The number of hydrogen-bond acceptors (Lipinski definition) is 1. The first-order valence-electron chi connectivity index (χ1n) is 2.87. The van der Waals surface area contributed by atoms with Crippen LogP contribution >= 0.6 is 22.6 Å². The van der Waals surface area contributed by atoms with Crippen molar-refractivity contribution in [2.45, 2.75) is 0 Å². The second-order valence-electron chi connectivity index (χ2n) is 2.01. The van der Waals surface area contributed by atoms with E-state index in [2.05, 4.69) is 38.9 Å². The molecule has 2 rings (SSSR count). The van der Waals surface area contributed by atoms with Crippen LogP contribution in [0.15, 0.2) is 18.2 Å². The molecule has 0 amide bonds. The minimum absolute atomic E-state index is 0.973. The zero-order valence-corrected chi connectivity index (χ0v) is 7.21. The molecular weight excluding hydrogens is 239 g/mol. The summed E-state index contributed by atoms with van der Waals surface area (Å²) in [5, 5.41) is 0. The lowest BCUT2D eigenvalue weighted by atomic mass is 10.3. The van der Waals surface area contributed by atoms with Gasteiger partial charge in [0.05, 0.1) is 11.0 Å². The van der Waals surface area contributed by atoms with Crippen LogP contribution in [0, 0.1) is 9.90 Å². The molecule has 2 aromatic rings. The van der Waals surface area contributed by atoms with Crippen molar-refractivity contribution in [2.75, 3.05) is 0 Å². The first-order chi connectivity index (χ1) is 4.86. The van der Waals surface area contributed by atoms with Gasteiger partial charge in [-0.25, -0.2) is 4.98 Å². The Bertz CT molecular complexity index is 353. The smallest absolute Gasteiger partial charge is 0.174 e. The second kappa shape index (κ2) is 2.23. The maximum atomic E-state index is 3.98. The van der Waals surface area contributed by atoms with E-state index in [0.29, 0.717) is 0 Å². The summed E-state index contributed by atoms with van der Waals surface area (Å²) in [6.45, 7) is 0. The Kier molecular flexibility index (Phi) is 1.37. The highest BCUT2D eigenvalue weighted by molar-refractivity contribution is 14.1. The maximum Gasteiger partial charge on any atom is 0.174 e. The van der Waals surface area contributed by atoms with Crippen molar-refractivity contribution in [3.63, 3.8) is 0 Å². The Morgan fingerprint density at radius 3 is 3.30 bits per heavy atom. The van der Waals surface area contributed by atoms with Crippen LogP contribution in [-0.2, 0) is 0 Å². The minimum Gasteiger partial charge on any atom is -0.335 e. The Hall–Kier alpha value is -0.580. The molecule has 1 aromatic carbocycles. The summed E-state index contributed by atoms with van der Waals surface area (Å²) in [5.74, 6) is 0. The van der Waals surface area contributed by atoms with Crippen LogP contribution in [0.5, 0.6) is 0 Å². The molecule has 0 aliphatic heterocycles. The molecule has 2 nitrogen and oxygen atoms in total. The number of H-pyrrole nitrogens is 1. The highest BCUT2D eigenvalue weighted by Gasteiger charge is 1.94. The van der Waals surface area contributed by atoms with Crippen molar-refractivity contribution in [2.24, 2.45) is 0 Å². The van der Waals surface area contributed by atoms with Gasteiger partial charge in [0.15, 0.2) is 6.33 Å². The first-order valence-corrected chi connectivity index (χ1v) is 3.95. The minimum atomic E-state index is 0.973. The molecule has 1 radical (unpaired) electrons. The predicted octanol–water partition coefficient (Wildman–Crippen LogP) is 1.97. The van der Waals surface area contributed by atoms with Crippen LogP contribution in [0.1, 0.15) is 0 Å². The van der Waals surface area contributed by atoms with E-state index in [1.54, 1.807) is 0 Å². The SMILES string of the molecule is Ic1ccc2n[c][nH]c2c1. The van der Waals surface area contributed by atoms with E-state index in [0.717, 1.165) is 11.0 Å². The van der Waals surface area contributed by atoms with Crippen LogP contribution in [0.2, 0.25) is 0 Å². The number of fused-ring (bicyclic) bond motifs is 1. The molecule has 10 heavy (non-hydrogen) atoms. The molecule has 0 aliphatic carbocycles. The molecule has 0 saturated heterocycles. The van der Waals surface area contributed by atoms with Gasteiger partial charge < -0.3 is 4.98 Å². The largest absolute Gasteiger partial charge is 0.335 e. The summed E-state index contributed by atoms with van der Waals surface area (Å²) < 4.78 is 1.21. The molecule has 0 aliphatic rings. The lowest BCUT2D eigenvalue weighted by Gasteiger charge is -1.87. The third kappa shape index (κ3) is 0.901. The summed E-state index contributed by atoms with van der Waals surface area (Å²) in [7, 11) is 0. The molecule has 1 aromatic heterocycles. The van der Waals surface area contributed by atoms with E-state index < -0.39 is 0 Å². The summed E-state index contributed by atoms with van der Waals surface area (Å²) in [6, 6.07) is 6.04. The van der Waals surface area contributed by atoms with Gasteiger partial charge in [-0.1, -0.05) is 0 Å². The van der Waals surface area contributed by atoms with Gasteiger partial charge in [0.2, 0.25) is 0 Å². The lowest BCUT2D eigenvalue weighted by molar-refractivity contribution is 1.32. The molecule has 1 N–H and O–H groups in total. The van der Waals surface area contributed by atoms with Crippen molar-refractivity contribution in [3.8, 4) is 0 Å². The van der Waals surface area contributed by atoms with Crippen molar-refractivity contribution in [1.29, 1.82) is 0 Å². The van der Waals surface area contributed by atoms with Crippen LogP contribution in [0.4, 0.5) is 0 Å². The quantitative estimate of drug-likeness (QED) is 0.704. The highest BCUT2D eigenvalue weighted by atomic mass is 127. The normalized spacial score (nSPS) is 10.5. The maximum absolute atomic E-state index is 3.98. The van der Waals surface area contributed by atoms with E-state index in [4.69, 9.17) is 0 Å². The van der Waals surface area contributed by atoms with E-state index in [1.807, 2.05) is 18.2 Å². The number of aromatic nitrogens is 2. The first kappa shape index (κ1) is 6.15. The summed E-state index contributed by atoms with van der Waals surface area (Å²) in [4.78, 5) is 6.90. The van der Waals surface area contributed by atoms with Crippen molar-refractivity contribution in [3.05, 3.63) is 28.1 Å². The lowest BCUT2D eigenvalue weighted by Crippen LogP contribution is -1.70. The molecule has 1 heterocycles. The number of nitrogens with one attached hydrogen (secondary N) is 1. The fourth-order valence-electron chi connectivity index (χ4n) is 0.854. The van der Waals surface area contributed by atoms with Gasteiger partial charge >= 0.3 is 0 Å². The molecule has 0 unspecified atom stereocenters. The molecule has 0 spiro atoms. The number of nitrogens with zero attached hydrogens (tertiary/aromatic N) is 1. The zero-order valence-electron chi connectivity index (χ0n) is 5.06. The average molecular weight is 243 g/mol. The summed E-state index contributed by atoms with van der Waals surface area (Å²) >= 11 is 2.26. The molecular formula is C7H4IN2. The molecule has 0 atom stereocenters. The third-order valence-electron chi connectivity index (χ3n) is 1.33. The van der Waals surface area contributed by atoms with Crippen LogP contribution < -0.4 is 0 Å². The highest BCUT2D eigenvalue weighted by Crippen LogP contribution is 2.12. The van der Waals surface area contributed by atoms with Crippen molar-refractivity contribution < 1.29 is 0 Å². The molecule has 0 bridgehead atoms. The van der Waals surface area contributed by atoms with E-state index in [-0.39, 0.29) is 0 Å². The van der Waals surface area contributed by atoms with Crippen LogP contribution in [-0.4, -0.2) is 9.97 Å². The topological polar surface area (TPSA) is 28.7 Å². The van der Waals surface area contributed by atoms with Gasteiger partial charge in [0, 0.05) is 3.57 Å². The van der Waals surface area contributed by atoms with Gasteiger partial charge in [-0.3, -0.25) is 0 Å². The third-order valence-corrected chi connectivity index (χ3v) is 2.00. The second-order valence-corrected chi connectivity index (χ2v) is 3.26. The number of benzene rings is 1. The van der Waals surface area contributed by atoms with Gasteiger partial charge in [-0.05, 0) is 40.8 Å². The summed E-state index contributed by atoms with van der Waals surface area (Å²) in [6.07, 6.45) is 2.69. The molecule has 0 fully saturated rings. The number of imidazole rings is 1. The van der Waals surface area contributed by atoms with Gasteiger partial charge in [-0.2, -0.15) is 0 Å². The fourth-order valence-corrected chi connectivity index (χ4v) is 1.35. The van der Waals surface area contributed by atoms with Gasteiger partial charge in [0.25, 0.3) is 0 Å². The van der Waals surface area contributed by atoms with E-state index in [9.17, 15) is 0 Å². The standard InChI is InChI=1S/C7H4IN2/c8-5-1-2-6-7(3-5)10-4-9-6/h1-3H,(H,9,10). The predicted molar refractivity (Wildman–Crippen MR) is 47.6 cm³/mol. The van der Waals surface area contributed by atoms with Crippen molar-refractivity contribution in [1.82, 2.24) is 9.97 Å². The van der Waals surface area contributed by atoms with E-state index in [1.165, 1.54) is 3.57 Å². The fraction of sp³-hybridized carbons (Fsp3) is 0. The number of rotatable bonds is 0. The van der Waals surface area contributed by atoms with E-state index >= 15 is 0 Å².